The molecule has 3 saturated carbocycles. The van der Waals surface area contributed by atoms with Crippen LogP contribution in [0.1, 0.15) is 98.3 Å². The number of amides is 1. The molecule has 0 aromatic rings. The van der Waals surface area contributed by atoms with Crippen molar-refractivity contribution in [2.45, 2.75) is 128 Å². The van der Waals surface area contributed by atoms with Gasteiger partial charge in [-0.1, -0.05) is 6.92 Å². The first-order chi connectivity index (χ1) is 15.2. The fraction of sp³-hybridized carbons (Fsp3) is 0.962. The van der Waals surface area contributed by atoms with Crippen molar-refractivity contribution in [3.05, 3.63) is 0 Å². The lowest BCUT2D eigenvalue weighted by molar-refractivity contribution is -0.165. The van der Waals surface area contributed by atoms with E-state index in [1.807, 2.05) is 20.8 Å². The molecule has 0 N–H and O–H groups in total. The summed E-state index contributed by atoms with van der Waals surface area (Å²) in [4.78, 5) is 15.0. The van der Waals surface area contributed by atoms with Gasteiger partial charge < -0.3 is 23.8 Å². The monoisotopic (exact) mass is 451 g/mol. The minimum atomic E-state index is -0.435. The molecule has 1 aliphatic heterocycles. The van der Waals surface area contributed by atoms with E-state index in [4.69, 9.17) is 18.9 Å². The molecular formula is C26H45NO5. The van der Waals surface area contributed by atoms with Crippen molar-refractivity contribution < 1.29 is 23.7 Å². The van der Waals surface area contributed by atoms with E-state index in [1.54, 1.807) is 0 Å². The molecule has 1 saturated heterocycles. The molecular weight excluding hydrogens is 406 g/mol. The van der Waals surface area contributed by atoms with Crippen LogP contribution in [0.2, 0.25) is 0 Å². The van der Waals surface area contributed by atoms with Gasteiger partial charge in [0.05, 0.1) is 6.10 Å². The summed E-state index contributed by atoms with van der Waals surface area (Å²) in [7, 11) is 0. The van der Waals surface area contributed by atoms with E-state index in [0.717, 1.165) is 89.9 Å². The van der Waals surface area contributed by atoms with Gasteiger partial charge in [-0.3, -0.25) is 0 Å². The Morgan fingerprint density at radius 1 is 1.00 bits per heavy atom. The van der Waals surface area contributed by atoms with Gasteiger partial charge in [0.25, 0.3) is 0 Å². The predicted molar refractivity (Wildman–Crippen MR) is 123 cm³/mol. The quantitative estimate of drug-likeness (QED) is 0.423. The zero-order chi connectivity index (χ0) is 22.8. The highest BCUT2D eigenvalue weighted by molar-refractivity contribution is 5.69. The van der Waals surface area contributed by atoms with E-state index in [-0.39, 0.29) is 12.4 Å². The molecule has 32 heavy (non-hydrogen) atoms. The van der Waals surface area contributed by atoms with Crippen molar-refractivity contribution in [1.29, 1.82) is 0 Å². The van der Waals surface area contributed by atoms with E-state index >= 15 is 0 Å². The fourth-order valence-electron chi connectivity index (χ4n) is 6.00. The Kier molecular flexibility index (Phi) is 7.73. The molecule has 1 amide bonds. The number of ether oxygens (including phenoxy) is 4. The summed E-state index contributed by atoms with van der Waals surface area (Å²) in [6, 6.07) is 0.720. The van der Waals surface area contributed by atoms with Crippen LogP contribution in [0.15, 0.2) is 0 Å². The Hall–Kier alpha value is -0.850. The first-order valence-corrected chi connectivity index (χ1v) is 13.1. The van der Waals surface area contributed by atoms with Crippen LogP contribution in [0.5, 0.6) is 0 Å². The van der Waals surface area contributed by atoms with E-state index < -0.39 is 5.60 Å². The van der Waals surface area contributed by atoms with Gasteiger partial charge >= 0.3 is 6.09 Å². The van der Waals surface area contributed by atoms with Gasteiger partial charge in [0.1, 0.15) is 5.60 Å². The third-order valence-corrected chi connectivity index (χ3v) is 7.73. The van der Waals surface area contributed by atoms with Gasteiger partial charge in [-0.05, 0) is 103 Å². The number of hydrogen-bond donors (Lipinski definition) is 0. The largest absolute Gasteiger partial charge is 0.444 e. The van der Waals surface area contributed by atoms with Crippen LogP contribution in [0.4, 0.5) is 4.79 Å². The van der Waals surface area contributed by atoms with Crippen LogP contribution in [-0.4, -0.2) is 60.9 Å². The zero-order valence-electron chi connectivity index (χ0n) is 20.8. The molecule has 184 valence electrons. The topological polar surface area (TPSA) is 57.2 Å². The third kappa shape index (κ3) is 6.18. The average Bonchev–Trinajstić information content (AvgIpc) is 2.64. The first-order valence-electron chi connectivity index (χ1n) is 13.1. The summed E-state index contributed by atoms with van der Waals surface area (Å²) in [6.45, 7) is 10.6. The second-order valence-electron chi connectivity index (χ2n) is 12.0. The summed E-state index contributed by atoms with van der Waals surface area (Å²) < 4.78 is 23.3. The van der Waals surface area contributed by atoms with E-state index in [0.29, 0.717) is 23.6 Å². The number of carbonyl (C=O) groups excluding carboxylic acids is 1. The summed E-state index contributed by atoms with van der Waals surface area (Å²) in [5, 5.41) is 0. The first kappa shape index (κ1) is 24.3. The van der Waals surface area contributed by atoms with Crippen LogP contribution in [0.25, 0.3) is 0 Å². The van der Waals surface area contributed by atoms with Gasteiger partial charge in [-0.25, -0.2) is 4.79 Å². The molecule has 0 radical (unpaired) electrons. The highest BCUT2D eigenvalue weighted by Gasteiger charge is 2.57. The van der Waals surface area contributed by atoms with Crippen molar-refractivity contribution in [2.75, 3.05) is 19.8 Å². The molecule has 4 fully saturated rings. The summed E-state index contributed by atoms with van der Waals surface area (Å²) in [5.41, 5.74) is -0.0254. The number of nitrogens with zero attached hydrogens (tertiary/aromatic N) is 1. The number of unbranched alkanes of at least 4 members (excludes halogenated alkanes) is 1. The third-order valence-electron chi connectivity index (χ3n) is 7.73. The number of carbonyl (C=O) groups is 1. The Balaban J connectivity index is 1.10. The smallest absolute Gasteiger partial charge is 0.410 e. The van der Waals surface area contributed by atoms with Gasteiger partial charge in [-0.2, -0.15) is 0 Å². The molecule has 1 atom stereocenters. The summed E-state index contributed by atoms with van der Waals surface area (Å²) in [6.07, 6.45) is 12.6. The highest BCUT2D eigenvalue weighted by Crippen LogP contribution is 2.59. The van der Waals surface area contributed by atoms with Crippen LogP contribution >= 0.6 is 0 Å². The van der Waals surface area contributed by atoms with Crippen LogP contribution in [-0.2, 0) is 18.9 Å². The van der Waals surface area contributed by atoms with Crippen molar-refractivity contribution in [2.24, 2.45) is 11.3 Å². The van der Waals surface area contributed by atoms with Crippen molar-refractivity contribution in [3.63, 3.8) is 0 Å². The van der Waals surface area contributed by atoms with Crippen molar-refractivity contribution in [3.8, 4) is 0 Å². The van der Waals surface area contributed by atoms with Crippen LogP contribution in [0, 0.1) is 11.3 Å². The lowest BCUT2D eigenvalue weighted by atomic mass is 9.52. The molecule has 3 aliphatic carbocycles. The summed E-state index contributed by atoms with van der Waals surface area (Å²) >= 11 is 0. The molecule has 4 rings (SSSR count). The minimum Gasteiger partial charge on any atom is -0.444 e. The second kappa shape index (κ2) is 10.2. The molecule has 0 bridgehead atoms. The van der Waals surface area contributed by atoms with Crippen LogP contribution < -0.4 is 0 Å². The zero-order valence-corrected chi connectivity index (χ0v) is 20.8. The van der Waals surface area contributed by atoms with Gasteiger partial charge in [0.15, 0.2) is 6.29 Å². The molecule has 1 heterocycles. The van der Waals surface area contributed by atoms with Crippen molar-refractivity contribution >= 4 is 6.09 Å². The number of hydrogen-bond acceptors (Lipinski definition) is 5. The fourth-order valence-corrected chi connectivity index (χ4v) is 6.00. The number of rotatable bonds is 9. The maximum atomic E-state index is 12.9. The standard InChI is InChI=1S/C26H45NO5/c1-19-13-20(14-19)27(24(28)32-25(2,3)4)21-15-26(16-21)17-22(18-26)29-10-7-8-12-31-23-9-5-6-11-30-23/h19-23H,5-18H2,1-4H3. The molecule has 6 nitrogen and oxygen atoms in total. The Morgan fingerprint density at radius 2 is 1.69 bits per heavy atom. The average molecular weight is 452 g/mol. The SMILES string of the molecule is CC1CC(N(C(=O)OC(C)(C)C)C2CC3(CC(OCCCCOC4CCCCO4)C3)C2)C1. The van der Waals surface area contributed by atoms with Gasteiger partial charge in [0, 0.05) is 31.9 Å². The molecule has 1 spiro atoms. The van der Waals surface area contributed by atoms with E-state index in [1.165, 1.54) is 6.42 Å². The minimum absolute atomic E-state index is 0.0196. The molecule has 6 heteroatoms. The predicted octanol–water partition coefficient (Wildman–Crippen LogP) is 5.67. The van der Waals surface area contributed by atoms with E-state index in [9.17, 15) is 4.79 Å². The Labute approximate surface area is 194 Å². The van der Waals surface area contributed by atoms with Gasteiger partial charge in [0.2, 0.25) is 0 Å². The molecule has 4 aliphatic rings. The molecule has 0 aromatic carbocycles. The Morgan fingerprint density at radius 3 is 2.28 bits per heavy atom. The maximum absolute atomic E-state index is 12.9. The Bertz CT molecular complexity index is 606. The van der Waals surface area contributed by atoms with E-state index in [2.05, 4.69) is 11.8 Å². The summed E-state index contributed by atoms with van der Waals surface area (Å²) in [5.74, 6) is 0.723. The lowest BCUT2D eigenvalue weighted by Crippen LogP contribution is -2.63. The highest BCUT2D eigenvalue weighted by atomic mass is 16.7. The van der Waals surface area contributed by atoms with Gasteiger partial charge in [-0.15, -0.1) is 0 Å². The lowest BCUT2D eigenvalue weighted by Gasteiger charge is -2.61. The van der Waals surface area contributed by atoms with Crippen molar-refractivity contribution in [1.82, 2.24) is 4.90 Å². The molecule has 1 unspecified atom stereocenters. The second-order valence-corrected chi connectivity index (χ2v) is 12.0. The maximum Gasteiger partial charge on any atom is 0.410 e. The molecule has 0 aromatic heterocycles. The normalized spacial score (nSPS) is 36.7. The van der Waals surface area contributed by atoms with Crippen LogP contribution in [0.3, 0.4) is 0 Å².